The van der Waals surface area contributed by atoms with Crippen molar-refractivity contribution in [2.45, 2.75) is 19.1 Å². The predicted octanol–water partition coefficient (Wildman–Crippen LogP) is 2.59. The number of non-ortho nitro benzene ring substituents is 2. The minimum atomic E-state index is -1.39. The van der Waals surface area contributed by atoms with Crippen molar-refractivity contribution in [1.29, 1.82) is 0 Å². The number of nitro groups is 2. The maximum atomic E-state index is 12.2. The predicted molar refractivity (Wildman–Crippen MR) is 99.2 cm³/mol. The first-order chi connectivity index (χ1) is 13.3. The van der Waals surface area contributed by atoms with E-state index in [9.17, 15) is 30.1 Å². The zero-order valence-corrected chi connectivity index (χ0v) is 14.8. The summed E-state index contributed by atoms with van der Waals surface area (Å²) >= 11 is 0. The van der Waals surface area contributed by atoms with Crippen molar-refractivity contribution in [3.8, 4) is 0 Å². The van der Waals surface area contributed by atoms with Gasteiger partial charge in [0, 0.05) is 30.5 Å². The minimum absolute atomic E-state index is 0.0787. The zero-order valence-electron chi connectivity index (χ0n) is 14.8. The Bertz CT molecular complexity index is 879. The van der Waals surface area contributed by atoms with Gasteiger partial charge in [-0.1, -0.05) is 0 Å². The van der Waals surface area contributed by atoms with E-state index in [0.29, 0.717) is 5.56 Å². The maximum absolute atomic E-state index is 12.2. The average molecular weight is 387 g/mol. The Morgan fingerprint density at radius 1 is 1.07 bits per heavy atom. The van der Waals surface area contributed by atoms with E-state index in [1.165, 1.54) is 54.7 Å². The summed E-state index contributed by atoms with van der Waals surface area (Å²) in [5.41, 5.74) is 0.489. The number of hydrogen-bond donors (Lipinski definition) is 1. The van der Waals surface area contributed by atoms with Gasteiger partial charge in [-0.15, -0.1) is 0 Å². The van der Waals surface area contributed by atoms with Crippen molar-refractivity contribution in [3.63, 3.8) is 0 Å². The molecule has 0 fully saturated rings. The van der Waals surface area contributed by atoms with Crippen LogP contribution in [0.4, 0.5) is 11.4 Å². The van der Waals surface area contributed by atoms with Gasteiger partial charge in [0.15, 0.2) is 6.04 Å². The molecule has 10 heteroatoms. The summed E-state index contributed by atoms with van der Waals surface area (Å²) in [5.74, 6) is -0.772. The average Bonchev–Trinajstić information content (AvgIpc) is 2.68. The van der Waals surface area contributed by atoms with E-state index in [2.05, 4.69) is 4.99 Å². The van der Waals surface area contributed by atoms with Gasteiger partial charge in [-0.3, -0.25) is 25.2 Å². The summed E-state index contributed by atoms with van der Waals surface area (Å²) in [6.07, 6.45) is -0.103. The second kappa shape index (κ2) is 9.33. The van der Waals surface area contributed by atoms with Crippen LogP contribution in [0.3, 0.4) is 0 Å². The van der Waals surface area contributed by atoms with Gasteiger partial charge in [-0.2, -0.15) is 0 Å². The van der Waals surface area contributed by atoms with Gasteiger partial charge in [0.05, 0.1) is 16.5 Å². The largest absolute Gasteiger partial charge is 0.464 e. The third-order valence-electron chi connectivity index (χ3n) is 3.76. The number of nitrogens with zero attached hydrogens (tertiary/aromatic N) is 3. The summed E-state index contributed by atoms with van der Waals surface area (Å²) in [7, 11) is 0. The molecule has 2 aromatic rings. The number of benzene rings is 2. The van der Waals surface area contributed by atoms with Gasteiger partial charge in [-0.25, -0.2) is 4.79 Å². The number of aliphatic hydroxyl groups excluding tert-OH is 1. The molecule has 2 aromatic carbocycles. The third kappa shape index (κ3) is 5.17. The summed E-state index contributed by atoms with van der Waals surface area (Å²) < 4.78 is 4.94. The fraction of sp³-hybridized carbons (Fsp3) is 0.222. The lowest BCUT2D eigenvalue weighted by atomic mass is 10.0. The lowest BCUT2D eigenvalue weighted by molar-refractivity contribution is -0.385. The topological polar surface area (TPSA) is 145 Å². The SMILES string of the molecule is CCOC(=O)C(N=Cc1ccc([N+](=O)[O-])cc1)C(O)c1ccc([N+](=O)[O-])cc1. The second-order valence-electron chi connectivity index (χ2n) is 5.62. The van der Waals surface area contributed by atoms with E-state index in [4.69, 9.17) is 4.74 Å². The molecular formula is C18H17N3O7. The van der Waals surface area contributed by atoms with Crippen LogP contribution in [-0.2, 0) is 9.53 Å². The highest BCUT2D eigenvalue weighted by molar-refractivity contribution is 5.84. The third-order valence-corrected chi connectivity index (χ3v) is 3.76. The maximum Gasteiger partial charge on any atom is 0.333 e. The van der Waals surface area contributed by atoms with E-state index in [1.807, 2.05) is 0 Å². The fourth-order valence-electron chi connectivity index (χ4n) is 2.32. The molecule has 0 aliphatic heterocycles. The van der Waals surface area contributed by atoms with E-state index in [-0.39, 0.29) is 23.5 Å². The number of carbonyl (C=O) groups excluding carboxylic acids is 1. The first kappa shape index (κ1) is 20.6. The molecule has 0 heterocycles. The van der Waals surface area contributed by atoms with Crippen molar-refractivity contribution < 1.29 is 24.5 Å². The van der Waals surface area contributed by atoms with Crippen LogP contribution >= 0.6 is 0 Å². The summed E-state index contributed by atoms with van der Waals surface area (Å²) in [4.78, 5) is 36.6. The lowest BCUT2D eigenvalue weighted by Crippen LogP contribution is -2.28. The van der Waals surface area contributed by atoms with Crippen LogP contribution in [0, 0.1) is 20.2 Å². The number of esters is 1. The normalized spacial score (nSPS) is 13.1. The molecule has 2 atom stereocenters. The van der Waals surface area contributed by atoms with E-state index >= 15 is 0 Å². The van der Waals surface area contributed by atoms with Crippen LogP contribution in [0.15, 0.2) is 53.5 Å². The summed E-state index contributed by atoms with van der Waals surface area (Å²) in [6.45, 7) is 1.68. The standard InChI is InChI=1S/C18H17N3O7/c1-2-28-18(23)16(17(22)13-5-9-15(10-6-13)21(26)27)19-11-12-3-7-14(8-4-12)20(24)25/h3-11,16-17,22H,2H2,1H3. The number of ether oxygens (including phenoxy) is 1. The molecule has 0 spiro atoms. The molecule has 0 saturated carbocycles. The Balaban J connectivity index is 2.26. The molecule has 28 heavy (non-hydrogen) atoms. The van der Waals surface area contributed by atoms with Crippen molar-refractivity contribution in [2.24, 2.45) is 4.99 Å². The molecule has 1 N–H and O–H groups in total. The zero-order chi connectivity index (χ0) is 20.7. The molecule has 2 rings (SSSR count). The highest BCUT2D eigenvalue weighted by Gasteiger charge is 2.29. The molecule has 0 amide bonds. The lowest BCUT2D eigenvalue weighted by Gasteiger charge is -2.18. The molecular weight excluding hydrogens is 370 g/mol. The highest BCUT2D eigenvalue weighted by Crippen LogP contribution is 2.23. The van der Waals surface area contributed by atoms with Gasteiger partial charge >= 0.3 is 5.97 Å². The van der Waals surface area contributed by atoms with Gasteiger partial charge in [0.2, 0.25) is 0 Å². The van der Waals surface area contributed by atoms with Gasteiger partial charge in [0.1, 0.15) is 6.10 Å². The monoisotopic (exact) mass is 387 g/mol. The quantitative estimate of drug-likeness (QED) is 0.317. The first-order valence-electron chi connectivity index (χ1n) is 8.20. The van der Waals surface area contributed by atoms with Crippen LogP contribution in [0.5, 0.6) is 0 Å². The van der Waals surface area contributed by atoms with Crippen LogP contribution in [-0.4, -0.2) is 39.8 Å². The van der Waals surface area contributed by atoms with Gasteiger partial charge < -0.3 is 9.84 Å². The van der Waals surface area contributed by atoms with Crippen LogP contribution in [0.2, 0.25) is 0 Å². The Morgan fingerprint density at radius 2 is 1.57 bits per heavy atom. The Hall–Kier alpha value is -3.66. The van der Waals surface area contributed by atoms with E-state index < -0.39 is 28.0 Å². The summed E-state index contributed by atoms with van der Waals surface area (Å²) in [6, 6.07) is 9.23. The fourth-order valence-corrected chi connectivity index (χ4v) is 2.32. The highest BCUT2D eigenvalue weighted by atomic mass is 16.6. The molecule has 0 aliphatic carbocycles. The number of aliphatic imine (C=N–C) groups is 1. The van der Waals surface area contributed by atoms with Crippen molar-refractivity contribution in [1.82, 2.24) is 0 Å². The summed E-state index contributed by atoms with van der Waals surface area (Å²) in [5, 5.41) is 32.0. The Kier molecular flexibility index (Phi) is 6.88. The molecule has 0 aliphatic rings. The Morgan fingerprint density at radius 3 is 2.04 bits per heavy atom. The van der Waals surface area contributed by atoms with Crippen LogP contribution in [0.25, 0.3) is 0 Å². The minimum Gasteiger partial charge on any atom is -0.464 e. The van der Waals surface area contributed by atoms with E-state index in [1.54, 1.807) is 6.92 Å². The second-order valence-corrected chi connectivity index (χ2v) is 5.62. The molecule has 0 aromatic heterocycles. The number of hydrogen-bond acceptors (Lipinski definition) is 8. The Labute approximate surface area is 159 Å². The first-order valence-corrected chi connectivity index (χ1v) is 8.20. The number of rotatable bonds is 8. The van der Waals surface area contributed by atoms with E-state index in [0.717, 1.165) is 0 Å². The van der Waals surface area contributed by atoms with Crippen molar-refractivity contribution >= 4 is 23.6 Å². The molecule has 2 unspecified atom stereocenters. The number of aliphatic hydroxyl groups is 1. The van der Waals surface area contributed by atoms with Crippen molar-refractivity contribution in [3.05, 3.63) is 79.9 Å². The molecule has 146 valence electrons. The molecule has 0 bridgehead atoms. The van der Waals surface area contributed by atoms with Crippen molar-refractivity contribution in [2.75, 3.05) is 6.61 Å². The van der Waals surface area contributed by atoms with Gasteiger partial charge in [0.25, 0.3) is 11.4 Å². The molecule has 10 nitrogen and oxygen atoms in total. The van der Waals surface area contributed by atoms with Gasteiger partial charge in [-0.05, 0) is 42.3 Å². The van der Waals surface area contributed by atoms with Crippen LogP contribution < -0.4 is 0 Å². The van der Waals surface area contributed by atoms with Crippen LogP contribution in [0.1, 0.15) is 24.2 Å². The molecule has 0 radical (unpaired) electrons. The smallest absolute Gasteiger partial charge is 0.333 e. The number of nitro benzene ring substituents is 2. The molecule has 0 saturated heterocycles. The number of carbonyl (C=O) groups is 1.